The predicted molar refractivity (Wildman–Crippen MR) is 48.4 cm³/mol. The largest absolute Gasteiger partial charge is 0.449 e. The molecule has 3 nitrogen and oxygen atoms in total. The molecule has 66 valence electrons. The highest BCUT2D eigenvalue weighted by Gasteiger charge is 2.10. The third-order valence-electron chi connectivity index (χ3n) is 2.16. The molecule has 3 heteroatoms. The Labute approximate surface area is 72.4 Å². The van der Waals surface area contributed by atoms with Crippen LogP contribution in [0.4, 0.5) is 5.88 Å². The van der Waals surface area contributed by atoms with E-state index in [2.05, 4.69) is 10.2 Å². The monoisotopic (exact) mass is 166 g/mol. The number of furan rings is 1. The second-order valence-corrected chi connectivity index (χ2v) is 3.04. The van der Waals surface area contributed by atoms with Gasteiger partial charge in [-0.05, 0) is 19.0 Å². The van der Waals surface area contributed by atoms with E-state index in [1.807, 2.05) is 12.1 Å². The van der Waals surface area contributed by atoms with Gasteiger partial charge in [0.05, 0.1) is 6.26 Å². The Balaban J connectivity index is 2.02. The zero-order valence-corrected chi connectivity index (χ0v) is 7.12. The lowest BCUT2D eigenvalue weighted by molar-refractivity contribution is 0.546. The molecule has 1 aliphatic rings. The maximum absolute atomic E-state index is 5.33. The van der Waals surface area contributed by atoms with Crippen LogP contribution in [0, 0.1) is 0 Å². The van der Waals surface area contributed by atoms with Gasteiger partial charge in [-0.3, -0.25) is 0 Å². The zero-order valence-electron chi connectivity index (χ0n) is 7.12. The smallest absolute Gasteiger partial charge is 0.195 e. The van der Waals surface area contributed by atoms with Crippen LogP contribution in [0.1, 0.15) is 6.42 Å². The summed E-state index contributed by atoms with van der Waals surface area (Å²) in [5.41, 5.74) is 0. The van der Waals surface area contributed by atoms with E-state index in [1.165, 1.54) is 6.42 Å². The van der Waals surface area contributed by atoms with Crippen LogP contribution in [0.2, 0.25) is 0 Å². The summed E-state index contributed by atoms with van der Waals surface area (Å²) in [6.07, 6.45) is 2.92. The van der Waals surface area contributed by atoms with Crippen LogP contribution in [0.15, 0.2) is 22.8 Å². The van der Waals surface area contributed by atoms with Crippen LogP contribution in [0.5, 0.6) is 0 Å². The maximum Gasteiger partial charge on any atom is 0.195 e. The van der Waals surface area contributed by atoms with Gasteiger partial charge in [0.25, 0.3) is 0 Å². The van der Waals surface area contributed by atoms with Crippen LogP contribution in [0.25, 0.3) is 0 Å². The van der Waals surface area contributed by atoms with Crippen molar-refractivity contribution in [1.82, 2.24) is 5.32 Å². The minimum atomic E-state index is 0.999. The molecular weight excluding hydrogens is 152 g/mol. The molecule has 0 bridgehead atoms. The molecule has 0 aliphatic carbocycles. The SMILES string of the molecule is c1coc(N2CCCNCC2)c1. The third-order valence-corrected chi connectivity index (χ3v) is 2.16. The molecule has 0 atom stereocenters. The fraction of sp³-hybridized carbons (Fsp3) is 0.556. The van der Waals surface area contributed by atoms with Crippen LogP contribution >= 0.6 is 0 Å². The van der Waals surface area contributed by atoms with E-state index in [9.17, 15) is 0 Å². The Morgan fingerprint density at radius 3 is 3.17 bits per heavy atom. The lowest BCUT2D eigenvalue weighted by atomic mass is 10.4. The molecule has 2 heterocycles. The summed E-state index contributed by atoms with van der Waals surface area (Å²) in [6.45, 7) is 4.33. The first-order valence-corrected chi connectivity index (χ1v) is 4.46. The molecule has 0 amide bonds. The number of hydrogen-bond acceptors (Lipinski definition) is 3. The molecule has 0 saturated carbocycles. The van der Waals surface area contributed by atoms with Gasteiger partial charge in [-0.15, -0.1) is 0 Å². The molecule has 1 aromatic rings. The topological polar surface area (TPSA) is 28.4 Å². The van der Waals surface area contributed by atoms with Crippen molar-refractivity contribution in [2.24, 2.45) is 0 Å². The highest BCUT2D eigenvalue weighted by molar-refractivity contribution is 5.34. The molecule has 0 unspecified atom stereocenters. The first-order chi connectivity index (χ1) is 5.97. The highest BCUT2D eigenvalue weighted by Crippen LogP contribution is 2.14. The van der Waals surface area contributed by atoms with Crippen molar-refractivity contribution in [3.05, 3.63) is 18.4 Å². The normalized spacial score (nSPS) is 19.2. The highest BCUT2D eigenvalue weighted by atomic mass is 16.3. The summed E-state index contributed by atoms with van der Waals surface area (Å²) < 4.78 is 5.33. The number of nitrogens with zero attached hydrogens (tertiary/aromatic N) is 1. The van der Waals surface area contributed by atoms with Crippen molar-refractivity contribution in [1.29, 1.82) is 0 Å². The van der Waals surface area contributed by atoms with Gasteiger partial charge in [-0.1, -0.05) is 0 Å². The molecule has 2 rings (SSSR count). The van der Waals surface area contributed by atoms with Gasteiger partial charge in [0.1, 0.15) is 0 Å². The van der Waals surface area contributed by atoms with Crippen molar-refractivity contribution in [3.8, 4) is 0 Å². The molecule has 1 aromatic heterocycles. The molecule has 0 aromatic carbocycles. The third kappa shape index (κ3) is 1.61. The lowest BCUT2D eigenvalue weighted by Gasteiger charge is -2.18. The summed E-state index contributed by atoms with van der Waals surface area (Å²) in [5, 5.41) is 3.36. The predicted octanol–water partition coefficient (Wildman–Crippen LogP) is 1.08. The molecule has 12 heavy (non-hydrogen) atoms. The number of rotatable bonds is 1. The average molecular weight is 166 g/mol. The van der Waals surface area contributed by atoms with Crippen molar-refractivity contribution in [2.45, 2.75) is 6.42 Å². The summed E-state index contributed by atoms with van der Waals surface area (Å²) in [4.78, 5) is 2.28. The van der Waals surface area contributed by atoms with Crippen molar-refractivity contribution in [2.75, 3.05) is 31.1 Å². The van der Waals surface area contributed by atoms with E-state index in [4.69, 9.17) is 4.42 Å². The minimum absolute atomic E-state index is 0.999. The second kappa shape index (κ2) is 3.63. The first kappa shape index (κ1) is 7.68. The molecule has 1 N–H and O–H groups in total. The van der Waals surface area contributed by atoms with Crippen molar-refractivity contribution >= 4 is 5.88 Å². The molecule has 1 saturated heterocycles. The zero-order chi connectivity index (χ0) is 8.23. The van der Waals surface area contributed by atoms with Crippen LogP contribution in [-0.2, 0) is 0 Å². The van der Waals surface area contributed by atoms with Crippen LogP contribution in [0.3, 0.4) is 0 Å². The Hall–Kier alpha value is -0.960. The fourth-order valence-electron chi connectivity index (χ4n) is 1.52. The molecule has 0 radical (unpaired) electrons. The Bertz CT molecular complexity index is 212. The Kier molecular flexibility index (Phi) is 2.32. The molecule has 0 spiro atoms. The summed E-state index contributed by atoms with van der Waals surface area (Å²) in [5.74, 6) is 0.999. The standard InChI is InChI=1S/C9H14N2O/c1-3-9(12-8-1)11-6-2-4-10-5-7-11/h1,3,8,10H,2,4-7H2. The van der Waals surface area contributed by atoms with Gasteiger partial charge in [0.15, 0.2) is 5.88 Å². The van der Waals surface area contributed by atoms with E-state index < -0.39 is 0 Å². The summed E-state index contributed by atoms with van der Waals surface area (Å²) >= 11 is 0. The summed E-state index contributed by atoms with van der Waals surface area (Å²) in [6, 6.07) is 3.96. The van der Waals surface area contributed by atoms with E-state index in [0.29, 0.717) is 0 Å². The fourth-order valence-corrected chi connectivity index (χ4v) is 1.52. The quantitative estimate of drug-likeness (QED) is 0.676. The Morgan fingerprint density at radius 1 is 1.33 bits per heavy atom. The van der Waals surface area contributed by atoms with Crippen LogP contribution < -0.4 is 10.2 Å². The minimum Gasteiger partial charge on any atom is -0.449 e. The van der Waals surface area contributed by atoms with E-state index in [1.54, 1.807) is 6.26 Å². The summed E-state index contributed by atoms with van der Waals surface area (Å²) in [7, 11) is 0. The van der Waals surface area contributed by atoms with Gasteiger partial charge in [-0.25, -0.2) is 0 Å². The van der Waals surface area contributed by atoms with Crippen molar-refractivity contribution < 1.29 is 4.42 Å². The first-order valence-electron chi connectivity index (χ1n) is 4.46. The molecule has 1 aliphatic heterocycles. The number of hydrogen-bond donors (Lipinski definition) is 1. The molecule has 1 fully saturated rings. The number of anilines is 1. The lowest BCUT2D eigenvalue weighted by Crippen LogP contribution is -2.27. The van der Waals surface area contributed by atoms with Gasteiger partial charge in [-0.2, -0.15) is 0 Å². The van der Waals surface area contributed by atoms with E-state index in [-0.39, 0.29) is 0 Å². The van der Waals surface area contributed by atoms with E-state index in [0.717, 1.165) is 32.1 Å². The van der Waals surface area contributed by atoms with Gasteiger partial charge in [0, 0.05) is 25.7 Å². The average Bonchev–Trinajstić information content (AvgIpc) is 2.48. The Morgan fingerprint density at radius 2 is 2.33 bits per heavy atom. The van der Waals surface area contributed by atoms with Gasteiger partial charge in [0.2, 0.25) is 0 Å². The van der Waals surface area contributed by atoms with Gasteiger partial charge >= 0.3 is 0 Å². The van der Waals surface area contributed by atoms with E-state index >= 15 is 0 Å². The van der Waals surface area contributed by atoms with Crippen molar-refractivity contribution in [3.63, 3.8) is 0 Å². The number of nitrogens with one attached hydrogen (secondary N) is 1. The van der Waals surface area contributed by atoms with Crippen LogP contribution in [-0.4, -0.2) is 26.2 Å². The maximum atomic E-state index is 5.33. The second-order valence-electron chi connectivity index (χ2n) is 3.04. The van der Waals surface area contributed by atoms with Gasteiger partial charge < -0.3 is 14.6 Å². The molecular formula is C9H14N2O.